The third-order valence-corrected chi connectivity index (χ3v) is 3.93. The lowest BCUT2D eigenvalue weighted by molar-refractivity contribution is 0.485. The summed E-state index contributed by atoms with van der Waals surface area (Å²) in [4.78, 5) is 6.89. The molecular formula is C13H17ClN4. The lowest BCUT2D eigenvalue weighted by Gasteiger charge is -2.35. The number of halogens is 1. The Bertz CT molecular complexity index is 551. The van der Waals surface area contributed by atoms with Crippen LogP contribution in [0.25, 0.3) is 5.52 Å². The molecule has 3 heterocycles. The summed E-state index contributed by atoms with van der Waals surface area (Å²) in [6, 6.07) is 2.48. The van der Waals surface area contributed by atoms with E-state index in [0.717, 1.165) is 30.0 Å². The van der Waals surface area contributed by atoms with Gasteiger partial charge in [-0.2, -0.15) is 5.10 Å². The van der Waals surface area contributed by atoms with Gasteiger partial charge < -0.3 is 4.90 Å². The molecule has 2 aromatic heterocycles. The molecule has 0 aromatic carbocycles. The van der Waals surface area contributed by atoms with Crippen LogP contribution in [-0.2, 0) is 0 Å². The van der Waals surface area contributed by atoms with Gasteiger partial charge in [-0.3, -0.25) is 0 Å². The lowest BCUT2D eigenvalue weighted by Crippen LogP contribution is -2.41. The van der Waals surface area contributed by atoms with Gasteiger partial charge in [-0.05, 0) is 32.3 Å². The first-order valence-electron chi connectivity index (χ1n) is 6.43. The van der Waals surface area contributed by atoms with Gasteiger partial charge in [0, 0.05) is 30.9 Å². The molecule has 1 saturated heterocycles. The highest BCUT2D eigenvalue weighted by Gasteiger charge is 2.24. The molecule has 0 bridgehead atoms. The Morgan fingerprint density at radius 2 is 2.33 bits per heavy atom. The van der Waals surface area contributed by atoms with Crippen LogP contribution in [0.2, 0.25) is 0 Å². The van der Waals surface area contributed by atoms with Crippen LogP contribution in [0.1, 0.15) is 25.0 Å². The Kier molecular flexibility index (Phi) is 3.12. The van der Waals surface area contributed by atoms with Crippen molar-refractivity contribution in [1.82, 2.24) is 14.6 Å². The van der Waals surface area contributed by atoms with Gasteiger partial charge in [0.1, 0.15) is 5.52 Å². The first kappa shape index (κ1) is 11.8. The molecular weight excluding hydrogens is 248 g/mol. The average Bonchev–Trinajstić information content (AvgIpc) is 2.78. The van der Waals surface area contributed by atoms with Gasteiger partial charge in [-0.1, -0.05) is 0 Å². The molecule has 5 heteroatoms. The molecule has 96 valence electrons. The second-order valence-electron chi connectivity index (χ2n) is 4.86. The first-order chi connectivity index (χ1) is 8.79. The van der Waals surface area contributed by atoms with Crippen LogP contribution >= 0.6 is 11.6 Å². The van der Waals surface area contributed by atoms with Crippen molar-refractivity contribution in [2.75, 3.05) is 17.3 Å². The highest BCUT2D eigenvalue weighted by molar-refractivity contribution is 6.18. The van der Waals surface area contributed by atoms with E-state index in [1.165, 1.54) is 12.8 Å². The molecule has 18 heavy (non-hydrogen) atoms. The van der Waals surface area contributed by atoms with Crippen LogP contribution in [0.15, 0.2) is 18.5 Å². The maximum absolute atomic E-state index is 6.09. The summed E-state index contributed by atoms with van der Waals surface area (Å²) in [6.07, 6.45) is 7.33. The molecule has 0 amide bonds. The van der Waals surface area contributed by atoms with E-state index in [-0.39, 0.29) is 0 Å². The monoisotopic (exact) mass is 264 g/mol. The third kappa shape index (κ3) is 1.94. The number of aromatic nitrogens is 3. The van der Waals surface area contributed by atoms with Gasteiger partial charge in [-0.25, -0.2) is 9.50 Å². The molecule has 0 N–H and O–H groups in total. The fourth-order valence-electron chi connectivity index (χ4n) is 2.69. The summed E-state index contributed by atoms with van der Waals surface area (Å²) in [7, 11) is 0. The van der Waals surface area contributed by atoms with E-state index in [0.29, 0.717) is 11.9 Å². The lowest BCUT2D eigenvalue weighted by atomic mass is 10.0. The Balaban J connectivity index is 2.06. The zero-order valence-corrected chi connectivity index (χ0v) is 11.3. The second kappa shape index (κ2) is 4.76. The van der Waals surface area contributed by atoms with Crippen molar-refractivity contribution >= 4 is 22.9 Å². The van der Waals surface area contributed by atoms with Gasteiger partial charge in [0.2, 0.25) is 0 Å². The SMILES string of the molecule is Cc1cc2c(N3CCCCC3CCl)nccn2n1. The van der Waals surface area contributed by atoms with E-state index in [2.05, 4.69) is 21.0 Å². The van der Waals surface area contributed by atoms with Crippen molar-refractivity contribution in [3.05, 3.63) is 24.2 Å². The predicted molar refractivity (Wildman–Crippen MR) is 73.4 cm³/mol. The number of alkyl halides is 1. The van der Waals surface area contributed by atoms with Gasteiger partial charge >= 0.3 is 0 Å². The Hall–Kier alpha value is -1.29. The van der Waals surface area contributed by atoms with E-state index in [1.54, 1.807) is 0 Å². The van der Waals surface area contributed by atoms with Crippen molar-refractivity contribution in [3.63, 3.8) is 0 Å². The number of piperidine rings is 1. The number of fused-ring (bicyclic) bond motifs is 1. The summed E-state index contributed by atoms with van der Waals surface area (Å²) in [5.74, 6) is 1.68. The molecule has 0 aliphatic carbocycles. The maximum atomic E-state index is 6.09. The minimum absolute atomic E-state index is 0.398. The molecule has 1 aliphatic rings. The topological polar surface area (TPSA) is 33.4 Å². The molecule has 3 rings (SSSR count). The smallest absolute Gasteiger partial charge is 0.154 e. The molecule has 0 spiro atoms. The molecule has 1 fully saturated rings. The Morgan fingerprint density at radius 1 is 1.44 bits per heavy atom. The zero-order chi connectivity index (χ0) is 12.5. The van der Waals surface area contributed by atoms with E-state index in [4.69, 9.17) is 11.6 Å². The number of anilines is 1. The van der Waals surface area contributed by atoms with Crippen molar-refractivity contribution in [2.45, 2.75) is 32.2 Å². The first-order valence-corrected chi connectivity index (χ1v) is 6.96. The Morgan fingerprint density at radius 3 is 3.17 bits per heavy atom. The molecule has 0 radical (unpaired) electrons. The van der Waals surface area contributed by atoms with Gasteiger partial charge in [0.05, 0.1) is 5.69 Å². The molecule has 4 nitrogen and oxygen atoms in total. The number of hydrogen-bond acceptors (Lipinski definition) is 3. The summed E-state index contributed by atoms with van der Waals surface area (Å²) in [5.41, 5.74) is 2.09. The number of aryl methyl sites for hydroxylation is 1. The minimum Gasteiger partial charge on any atom is -0.351 e. The van der Waals surface area contributed by atoms with Crippen molar-refractivity contribution in [2.24, 2.45) is 0 Å². The summed E-state index contributed by atoms with van der Waals surface area (Å²) in [5, 5.41) is 4.44. The normalized spacial score (nSPS) is 20.6. The maximum Gasteiger partial charge on any atom is 0.154 e. The largest absolute Gasteiger partial charge is 0.351 e. The molecule has 1 unspecified atom stereocenters. The molecule has 1 aliphatic heterocycles. The van der Waals surface area contributed by atoms with Crippen LogP contribution in [-0.4, -0.2) is 33.1 Å². The summed E-state index contributed by atoms with van der Waals surface area (Å²) in [6.45, 7) is 3.04. The van der Waals surface area contributed by atoms with Crippen LogP contribution in [0.3, 0.4) is 0 Å². The van der Waals surface area contributed by atoms with Crippen LogP contribution in [0.4, 0.5) is 5.82 Å². The highest BCUT2D eigenvalue weighted by atomic mass is 35.5. The molecule has 0 saturated carbocycles. The number of nitrogens with zero attached hydrogens (tertiary/aromatic N) is 4. The number of rotatable bonds is 2. The van der Waals surface area contributed by atoms with Crippen molar-refractivity contribution < 1.29 is 0 Å². The van der Waals surface area contributed by atoms with Crippen LogP contribution in [0.5, 0.6) is 0 Å². The van der Waals surface area contributed by atoms with Crippen molar-refractivity contribution in [1.29, 1.82) is 0 Å². The molecule has 2 aromatic rings. The van der Waals surface area contributed by atoms with Crippen LogP contribution < -0.4 is 4.90 Å². The van der Waals surface area contributed by atoms with Gasteiger partial charge in [0.15, 0.2) is 5.82 Å². The highest BCUT2D eigenvalue weighted by Crippen LogP contribution is 2.27. The Labute approximate surface area is 112 Å². The van der Waals surface area contributed by atoms with E-state index in [1.807, 2.05) is 23.8 Å². The van der Waals surface area contributed by atoms with E-state index < -0.39 is 0 Å². The summed E-state index contributed by atoms with van der Waals surface area (Å²) < 4.78 is 1.90. The second-order valence-corrected chi connectivity index (χ2v) is 5.17. The summed E-state index contributed by atoms with van der Waals surface area (Å²) >= 11 is 6.09. The van der Waals surface area contributed by atoms with Gasteiger partial charge in [0.25, 0.3) is 0 Å². The quantitative estimate of drug-likeness (QED) is 0.782. The average molecular weight is 265 g/mol. The third-order valence-electron chi connectivity index (χ3n) is 3.57. The van der Waals surface area contributed by atoms with E-state index >= 15 is 0 Å². The fourth-order valence-corrected chi connectivity index (χ4v) is 3.01. The molecule has 1 atom stereocenters. The van der Waals surface area contributed by atoms with Crippen molar-refractivity contribution in [3.8, 4) is 0 Å². The standard InChI is InChI=1S/C13H17ClN4/c1-10-8-12-13(15-5-7-18(12)16-10)17-6-3-2-4-11(17)9-14/h5,7-8,11H,2-4,6,9H2,1H3. The number of hydrogen-bond donors (Lipinski definition) is 0. The fraction of sp³-hybridized carbons (Fsp3) is 0.538. The van der Waals surface area contributed by atoms with E-state index in [9.17, 15) is 0 Å². The minimum atomic E-state index is 0.398. The van der Waals surface area contributed by atoms with Crippen LogP contribution in [0, 0.1) is 6.92 Å². The van der Waals surface area contributed by atoms with Gasteiger partial charge in [-0.15, -0.1) is 11.6 Å². The predicted octanol–water partition coefficient (Wildman–Crippen LogP) is 2.64. The zero-order valence-electron chi connectivity index (χ0n) is 10.5.